The second-order valence-corrected chi connectivity index (χ2v) is 6.12. The Morgan fingerprint density at radius 3 is 3.05 bits per heavy atom. The monoisotopic (exact) mass is 303 g/mol. The van der Waals surface area contributed by atoms with E-state index in [-0.39, 0.29) is 0 Å². The number of benzene rings is 1. The number of carboxylic acid groups (broad SMARTS) is 1. The number of para-hydroxylation sites is 1. The molecule has 21 heavy (non-hydrogen) atoms. The number of hydrogen-bond donors (Lipinski definition) is 1. The van der Waals surface area contributed by atoms with Crippen molar-refractivity contribution in [3.63, 3.8) is 0 Å². The minimum Gasteiger partial charge on any atom is -0.493 e. The summed E-state index contributed by atoms with van der Waals surface area (Å²) in [6.07, 6.45) is 2.52. The number of carboxylic acids is 1. The normalized spacial score (nSPS) is 17.3. The number of aliphatic carboxylic acids is 1. The van der Waals surface area contributed by atoms with E-state index in [4.69, 9.17) is 4.74 Å². The van der Waals surface area contributed by atoms with Crippen molar-refractivity contribution in [1.82, 2.24) is 4.98 Å². The highest BCUT2D eigenvalue weighted by Gasteiger charge is 2.30. The van der Waals surface area contributed by atoms with Crippen molar-refractivity contribution < 1.29 is 14.6 Å². The molecule has 5 heteroatoms. The number of carbonyl (C=O) groups is 1. The topological polar surface area (TPSA) is 59.4 Å². The van der Waals surface area contributed by atoms with E-state index in [0.717, 1.165) is 39.7 Å². The van der Waals surface area contributed by atoms with Gasteiger partial charge in [-0.1, -0.05) is 12.1 Å². The van der Waals surface area contributed by atoms with E-state index in [1.54, 1.807) is 11.3 Å². The number of thiazole rings is 1. The van der Waals surface area contributed by atoms with Crippen LogP contribution in [0.1, 0.15) is 36.3 Å². The van der Waals surface area contributed by atoms with Gasteiger partial charge in [-0.15, -0.1) is 11.3 Å². The predicted octanol–water partition coefficient (Wildman–Crippen LogP) is 3.71. The highest BCUT2D eigenvalue weighted by molar-refractivity contribution is 7.15. The lowest BCUT2D eigenvalue weighted by molar-refractivity contribution is -0.139. The molecule has 1 aromatic heterocycles. The van der Waals surface area contributed by atoms with E-state index < -0.39 is 11.9 Å². The number of rotatable bonds is 4. The van der Waals surface area contributed by atoms with Crippen LogP contribution in [-0.4, -0.2) is 22.7 Å². The molecule has 0 amide bonds. The third kappa shape index (κ3) is 2.65. The number of nitrogens with zero attached hydrogens (tertiary/aromatic N) is 1. The second kappa shape index (κ2) is 5.85. The zero-order valence-corrected chi connectivity index (χ0v) is 12.7. The van der Waals surface area contributed by atoms with Gasteiger partial charge in [-0.2, -0.15) is 0 Å². The quantitative estimate of drug-likeness (QED) is 0.935. The van der Waals surface area contributed by atoms with E-state index in [0.29, 0.717) is 13.0 Å². The number of fused-ring (bicyclic) bond motifs is 1. The molecule has 1 N–H and O–H groups in total. The zero-order chi connectivity index (χ0) is 14.8. The summed E-state index contributed by atoms with van der Waals surface area (Å²) < 4.78 is 5.65. The second-order valence-electron chi connectivity index (χ2n) is 5.04. The Kier molecular flexibility index (Phi) is 3.92. The van der Waals surface area contributed by atoms with Gasteiger partial charge in [-0.3, -0.25) is 4.79 Å². The SMILES string of the molecule is CCOc1ccccc1-c1nc2c(s1)CCCC2C(=O)O. The van der Waals surface area contributed by atoms with Crippen LogP contribution in [0.4, 0.5) is 0 Å². The van der Waals surface area contributed by atoms with Gasteiger partial charge in [-0.25, -0.2) is 4.98 Å². The molecule has 1 unspecified atom stereocenters. The van der Waals surface area contributed by atoms with Gasteiger partial charge in [-0.05, 0) is 38.3 Å². The van der Waals surface area contributed by atoms with Crippen molar-refractivity contribution in [2.45, 2.75) is 32.1 Å². The number of ether oxygens (including phenoxy) is 1. The molecule has 0 saturated carbocycles. The Morgan fingerprint density at radius 2 is 2.29 bits per heavy atom. The maximum absolute atomic E-state index is 11.4. The summed E-state index contributed by atoms with van der Waals surface area (Å²) in [4.78, 5) is 17.1. The Labute approximate surface area is 127 Å². The maximum Gasteiger partial charge on any atom is 0.312 e. The molecule has 0 radical (unpaired) electrons. The first kappa shape index (κ1) is 14.1. The van der Waals surface area contributed by atoms with Crippen molar-refractivity contribution in [2.24, 2.45) is 0 Å². The lowest BCUT2D eigenvalue weighted by atomic mass is 9.91. The average Bonchev–Trinajstić information content (AvgIpc) is 2.91. The minimum atomic E-state index is -0.772. The van der Waals surface area contributed by atoms with Crippen LogP contribution in [0.25, 0.3) is 10.6 Å². The van der Waals surface area contributed by atoms with E-state index in [2.05, 4.69) is 4.98 Å². The third-order valence-corrected chi connectivity index (χ3v) is 4.83. The Bertz CT molecular complexity index is 665. The summed E-state index contributed by atoms with van der Waals surface area (Å²) in [5.74, 6) is -0.429. The summed E-state index contributed by atoms with van der Waals surface area (Å²) >= 11 is 1.60. The summed E-state index contributed by atoms with van der Waals surface area (Å²) in [6, 6.07) is 7.79. The molecular formula is C16H17NO3S. The molecule has 0 fully saturated rings. The van der Waals surface area contributed by atoms with Crippen LogP contribution in [0.15, 0.2) is 24.3 Å². The van der Waals surface area contributed by atoms with Gasteiger partial charge >= 0.3 is 5.97 Å². The third-order valence-electron chi connectivity index (χ3n) is 3.67. The molecule has 1 aromatic carbocycles. The van der Waals surface area contributed by atoms with Crippen molar-refractivity contribution in [1.29, 1.82) is 0 Å². The van der Waals surface area contributed by atoms with E-state index in [9.17, 15) is 9.90 Å². The van der Waals surface area contributed by atoms with Gasteiger partial charge in [0.05, 0.1) is 23.8 Å². The van der Waals surface area contributed by atoms with Gasteiger partial charge in [0, 0.05) is 4.88 Å². The van der Waals surface area contributed by atoms with Crippen molar-refractivity contribution >= 4 is 17.3 Å². The molecular weight excluding hydrogens is 286 g/mol. The maximum atomic E-state index is 11.4. The molecule has 0 saturated heterocycles. The molecule has 0 aliphatic heterocycles. The molecule has 1 heterocycles. The first-order valence-electron chi connectivity index (χ1n) is 7.15. The van der Waals surface area contributed by atoms with Crippen molar-refractivity contribution in [3.05, 3.63) is 34.8 Å². The Morgan fingerprint density at radius 1 is 1.48 bits per heavy atom. The van der Waals surface area contributed by atoms with Crippen LogP contribution in [0.3, 0.4) is 0 Å². The molecule has 1 aliphatic carbocycles. The van der Waals surface area contributed by atoms with Crippen LogP contribution in [0, 0.1) is 0 Å². The number of hydrogen-bond acceptors (Lipinski definition) is 4. The highest BCUT2D eigenvalue weighted by Crippen LogP contribution is 2.40. The lowest BCUT2D eigenvalue weighted by Crippen LogP contribution is -2.17. The van der Waals surface area contributed by atoms with Crippen LogP contribution in [0.5, 0.6) is 5.75 Å². The van der Waals surface area contributed by atoms with Crippen LogP contribution < -0.4 is 4.74 Å². The Hall–Kier alpha value is -1.88. The number of aromatic nitrogens is 1. The smallest absolute Gasteiger partial charge is 0.312 e. The van der Waals surface area contributed by atoms with Crippen LogP contribution >= 0.6 is 11.3 Å². The molecule has 2 aromatic rings. The molecule has 3 rings (SSSR count). The molecule has 1 aliphatic rings. The first-order chi connectivity index (χ1) is 10.2. The van der Waals surface area contributed by atoms with Gasteiger partial charge in [0.2, 0.25) is 0 Å². The van der Waals surface area contributed by atoms with E-state index in [1.165, 1.54) is 0 Å². The zero-order valence-electron chi connectivity index (χ0n) is 11.8. The largest absolute Gasteiger partial charge is 0.493 e. The standard InChI is InChI=1S/C16H17NO3S/c1-2-20-12-8-4-3-6-10(12)15-17-14-11(16(18)19)7-5-9-13(14)21-15/h3-4,6,8,11H,2,5,7,9H2,1H3,(H,18,19). The summed E-state index contributed by atoms with van der Waals surface area (Å²) in [6.45, 7) is 2.55. The van der Waals surface area contributed by atoms with E-state index >= 15 is 0 Å². The average molecular weight is 303 g/mol. The fourth-order valence-corrected chi connectivity index (χ4v) is 3.89. The van der Waals surface area contributed by atoms with E-state index in [1.807, 2.05) is 31.2 Å². The summed E-state index contributed by atoms with van der Waals surface area (Å²) in [7, 11) is 0. The summed E-state index contributed by atoms with van der Waals surface area (Å²) in [5, 5.41) is 10.2. The Balaban J connectivity index is 2.04. The van der Waals surface area contributed by atoms with Gasteiger partial charge < -0.3 is 9.84 Å². The fourth-order valence-electron chi connectivity index (χ4n) is 2.70. The summed E-state index contributed by atoms with van der Waals surface area (Å²) in [5.41, 5.74) is 1.70. The number of aryl methyl sites for hydroxylation is 1. The van der Waals surface area contributed by atoms with Crippen LogP contribution in [-0.2, 0) is 11.2 Å². The van der Waals surface area contributed by atoms with Crippen LogP contribution in [0.2, 0.25) is 0 Å². The van der Waals surface area contributed by atoms with Gasteiger partial charge in [0.25, 0.3) is 0 Å². The first-order valence-corrected chi connectivity index (χ1v) is 7.97. The van der Waals surface area contributed by atoms with Gasteiger partial charge in [0.15, 0.2) is 0 Å². The fraction of sp³-hybridized carbons (Fsp3) is 0.375. The molecule has 0 bridgehead atoms. The van der Waals surface area contributed by atoms with Gasteiger partial charge in [0.1, 0.15) is 10.8 Å². The molecule has 0 spiro atoms. The molecule has 1 atom stereocenters. The highest BCUT2D eigenvalue weighted by atomic mass is 32.1. The van der Waals surface area contributed by atoms with Crippen molar-refractivity contribution in [2.75, 3.05) is 6.61 Å². The van der Waals surface area contributed by atoms with Crippen molar-refractivity contribution in [3.8, 4) is 16.3 Å². The predicted molar refractivity (Wildman–Crippen MR) is 82.0 cm³/mol. The molecule has 110 valence electrons. The minimum absolute atomic E-state index is 0.460. The molecule has 4 nitrogen and oxygen atoms in total. The lowest BCUT2D eigenvalue weighted by Gasteiger charge is -2.16.